The molecule has 0 spiro atoms. The molecule has 14 rings (SSSR count). The summed E-state index contributed by atoms with van der Waals surface area (Å²) in [5, 5.41) is 6.13. The summed E-state index contributed by atoms with van der Waals surface area (Å²) >= 11 is 0. The maximum atomic E-state index is 7.66. The molecule has 0 saturated carbocycles. The SMILES string of the molecule is [Au+].[Au+].[C-]#Cc1ccc2c(c1)-c1ccccc1C2(c1ccccc1)c1ccccc1.[C-]#Cc1ccc2c(c1)C(c1ccccc1)(c1ccccc1)c1ccccc1-2.c1ccc([PH+](CCCC[PH+](c2ccccc2)c2ccccc2)c2ccccc2)cc1. The van der Waals surface area contributed by atoms with Gasteiger partial charge in [-0.3, -0.25) is 11.8 Å². The maximum absolute atomic E-state index is 7.66. The summed E-state index contributed by atoms with van der Waals surface area (Å²) in [7, 11) is -1.43. The van der Waals surface area contributed by atoms with E-state index in [9.17, 15) is 0 Å². The molecule has 0 N–H and O–H groups in total. The molecule has 0 aromatic heterocycles. The van der Waals surface area contributed by atoms with Crippen molar-refractivity contribution < 1.29 is 44.8 Å². The molecule has 422 valence electrons. The quantitative estimate of drug-likeness (QED) is 0.0355. The first-order valence-electron chi connectivity index (χ1n) is 29.1. The zero-order chi connectivity index (χ0) is 57.0. The Morgan fingerprint density at radius 2 is 0.523 bits per heavy atom. The molecule has 0 radical (unpaired) electrons. The number of unbranched alkanes of at least 4 members (excludes halogenated alkanes) is 1. The number of rotatable bonds is 13. The van der Waals surface area contributed by atoms with Crippen molar-refractivity contribution in [2.24, 2.45) is 0 Å². The molecule has 0 nitrogen and oxygen atoms in total. The zero-order valence-electron chi connectivity index (χ0n) is 47.6. The molecule has 0 atom stereocenters. The first-order valence-corrected chi connectivity index (χ1v) is 32.5. The van der Waals surface area contributed by atoms with Gasteiger partial charge in [0.05, 0.1) is 60.2 Å². The summed E-state index contributed by atoms with van der Waals surface area (Å²) in [6.07, 6.45) is 20.4. The Balaban J connectivity index is 0.000000142. The molecule has 0 bridgehead atoms. The number of hydrogen-bond acceptors (Lipinski definition) is 0. The van der Waals surface area contributed by atoms with E-state index in [0.717, 1.165) is 11.1 Å². The largest absolute Gasteiger partial charge is 1.00 e. The number of benzene rings is 12. The van der Waals surface area contributed by atoms with Crippen LogP contribution in [0.15, 0.2) is 328 Å². The van der Waals surface area contributed by atoms with Gasteiger partial charge in [0, 0.05) is 0 Å². The molecule has 0 unspecified atom stereocenters. The minimum Gasteiger partial charge on any atom is -0.366 e. The molecule has 86 heavy (non-hydrogen) atoms. The van der Waals surface area contributed by atoms with Gasteiger partial charge in [0.1, 0.15) is 0 Å². The Bertz CT molecular complexity index is 3960. The van der Waals surface area contributed by atoms with Crippen LogP contribution in [0.1, 0.15) is 68.5 Å². The Morgan fingerprint density at radius 3 is 0.884 bits per heavy atom. The van der Waals surface area contributed by atoms with Gasteiger partial charge in [-0.05, 0) is 128 Å². The van der Waals surface area contributed by atoms with Gasteiger partial charge in [-0.15, -0.1) is 35.4 Å². The second kappa shape index (κ2) is 29.0. The van der Waals surface area contributed by atoms with E-state index in [-0.39, 0.29) is 55.6 Å². The first kappa shape index (κ1) is 61.2. The van der Waals surface area contributed by atoms with Gasteiger partial charge in [-0.2, -0.15) is 0 Å². The standard InChI is InChI=1S/C28H28P2.2C27H17.2Au/c1-5-15-25(16-6-1)29(26-17-7-2-8-18-26)23-13-14-24-30(27-19-9-3-10-20-27)28-21-11-4-12-22-28;1-2-20-17-18-26-24(19-20)23-15-9-10-16-25(23)27(26,21-11-5-3-6-12-21)22-13-7-4-8-14-22;1-2-20-17-18-24-23-15-9-10-16-25(23)27(26(24)19-20,21-11-5-3-6-12-21)22-13-7-4-8-14-22;;/h1-12,15-22H,13-14,23-24H2;2*3-19H;;/q;2*-1;2*+1/p+2. The third-order valence-electron chi connectivity index (χ3n) is 16.8. The van der Waals surface area contributed by atoms with Gasteiger partial charge in [-0.25, -0.2) is 0 Å². The molecule has 0 amide bonds. The van der Waals surface area contributed by atoms with Crippen molar-refractivity contribution in [2.75, 3.05) is 12.3 Å². The summed E-state index contributed by atoms with van der Waals surface area (Å²) in [6, 6.07) is 117. The van der Waals surface area contributed by atoms with Gasteiger partial charge in [0.15, 0.2) is 0 Å². The van der Waals surface area contributed by atoms with E-state index < -0.39 is 15.8 Å². The predicted octanol–water partition coefficient (Wildman–Crippen LogP) is 17.5. The Morgan fingerprint density at radius 1 is 0.256 bits per heavy atom. The average molecular weight is 1510 g/mol. The van der Waals surface area contributed by atoms with Crippen molar-refractivity contribution >= 4 is 37.1 Å². The smallest absolute Gasteiger partial charge is 0.366 e. The fourth-order valence-corrected chi connectivity index (χ4v) is 18.5. The molecule has 0 heterocycles. The molecule has 0 fully saturated rings. The fourth-order valence-electron chi connectivity index (χ4n) is 13.1. The van der Waals surface area contributed by atoms with E-state index in [1.54, 1.807) is 0 Å². The third-order valence-corrected chi connectivity index (χ3v) is 22.6. The van der Waals surface area contributed by atoms with Crippen LogP contribution in [-0.4, -0.2) is 12.3 Å². The van der Waals surface area contributed by atoms with Crippen LogP contribution in [0.5, 0.6) is 0 Å². The molecule has 0 aliphatic heterocycles. The van der Waals surface area contributed by atoms with Crippen LogP contribution in [-0.2, 0) is 55.6 Å². The monoisotopic (exact) mass is 1500 g/mol. The van der Waals surface area contributed by atoms with Crippen LogP contribution in [0.3, 0.4) is 0 Å². The van der Waals surface area contributed by atoms with Gasteiger partial charge in [0.2, 0.25) is 0 Å². The second-order valence-corrected chi connectivity index (χ2v) is 26.7. The van der Waals surface area contributed by atoms with Crippen molar-refractivity contribution in [3.05, 3.63) is 396 Å². The van der Waals surface area contributed by atoms with Crippen LogP contribution >= 0.6 is 15.8 Å². The van der Waals surface area contributed by atoms with E-state index in [1.165, 1.54) is 113 Å². The third kappa shape index (κ3) is 12.3. The van der Waals surface area contributed by atoms with Crippen LogP contribution in [0.2, 0.25) is 0 Å². The fraction of sp³-hybridized carbons (Fsp3) is 0.0732. The molecule has 4 heteroatoms. The summed E-state index contributed by atoms with van der Waals surface area (Å²) in [4.78, 5) is 0. The zero-order valence-corrected chi connectivity index (χ0v) is 53.9. The molecule has 0 saturated heterocycles. The van der Waals surface area contributed by atoms with Gasteiger partial charge in [-0.1, -0.05) is 255 Å². The van der Waals surface area contributed by atoms with Crippen molar-refractivity contribution in [1.29, 1.82) is 0 Å². The van der Waals surface area contributed by atoms with Crippen LogP contribution in [0.4, 0.5) is 0 Å². The van der Waals surface area contributed by atoms with E-state index in [1.807, 2.05) is 12.1 Å². The normalized spacial score (nSPS) is 12.3. The van der Waals surface area contributed by atoms with Crippen LogP contribution in [0.25, 0.3) is 22.3 Å². The summed E-state index contributed by atoms with van der Waals surface area (Å²) < 4.78 is 0. The predicted molar refractivity (Wildman–Crippen MR) is 360 cm³/mol. The summed E-state index contributed by atoms with van der Waals surface area (Å²) in [5.41, 5.74) is 15.9. The van der Waals surface area contributed by atoms with Gasteiger partial charge >= 0.3 is 44.8 Å². The van der Waals surface area contributed by atoms with Crippen molar-refractivity contribution in [3.63, 3.8) is 0 Å². The van der Waals surface area contributed by atoms with E-state index in [2.05, 4.69) is 327 Å². The van der Waals surface area contributed by atoms with E-state index >= 15 is 0 Å². The Kier molecular flexibility index (Phi) is 20.6. The van der Waals surface area contributed by atoms with Crippen molar-refractivity contribution in [2.45, 2.75) is 23.7 Å². The van der Waals surface area contributed by atoms with Gasteiger partial charge in [0.25, 0.3) is 0 Å². The molecule has 12 aromatic rings. The first-order chi connectivity index (χ1) is 41.6. The van der Waals surface area contributed by atoms with E-state index in [0.29, 0.717) is 0 Å². The summed E-state index contributed by atoms with van der Waals surface area (Å²) in [5.74, 6) is 5.12. The molecule has 2 aliphatic carbocycles. The van der Waals surface area contributed by atoms with E-state index in [4.69, 9.17) is 12.8 Å². The molecule has 2 aliphatic rings. The number of fused-ring (bicyclic) bond motifs is 6. The number of hydrogen-bond donors (Lipinski definition) is 0. The minimum absolute atomic E-state index is 0. The van der Waals surface area contributed by atoms with Crippen molar-refractivity contribution in [3.8, 4) is 34.1 Å². The Labute approximate surface area is 543 Å². The second-order valence-electron chi connectivity index (χ2n) is 21.5. The van der Waals surface area contributed by atoms with Crippen molar-refractivity contribution in [1.82, 2.24) is 0 Å². The molecule has 12 aromatic carbocycles. The molecular formula is C82H64Au2P2+2. The maximum Gasteiger partial charge on any atom is 1.00 e. The topological polar surface area (TPSA) is 0 Å². The molecular weight excluding hydrogens is 1440 g/mol. The van der Waals surface area contributed by atoms with Gasteiger partial charge < -0.3 is 12.8 Å². The summed E-state index contributed by atoms with van der Waals surface area (Å²) in [6.45, 7) is 0. The van der Waals surface area contributed by atoms with Crippen LogP contribution < -0.4 is 21.2 Å². The van der Waals surface area contributed by atoms with Crippen LogP contribution in [0, 0.1) is 24.7 Å². The minimum atomic E-state index is -0.714. The Hall–Kier alpha value is -7.90. The average Bonchev–Trinajstić information content (AvgIpc) is 1.56.